The second-order valence-electron chi connectivity index (χ2n) is 6.86. The molecular weight excluding hydrogens is 306 g/mol. The lowest BCUT2D eigenvalue weighted by molar-refractivity contribution is 0.00691. The van der Waals surface area contributed by atoms with E-state index in [1.54, 1.807) is 6.07 Å². The van der Waals surface area contributed by atoms with E-state index in [0.29, 0.717) is 25.1 Å². The summed E-state index contributed by atoms with van der Waals surface area (Å²) in [5, 5.41) is 8.68. The van der Waals surface area contributed by atoms with Gasteiger partial charge in [0.05, 0.1) is 17.8 Å². The van der Waals surface area contributed by atoms with Crippen molar-refractivity contribution >= 4 is 11.8 Å². The van der Waals surface area contributed by atoms with Crippen molar-refractivity contribution in [3.63, 3.8) is 0 Å². The number of hydrogen-bond donors (Lipinski definition) is 1. The van der Waals surface area contributed by atoms with Gasteiger partial charge < -0.3 is 15.4 Å². The number of nitrogens with two attached hydrogens (primary N) is 1. The zero-order chi connectivity index (χ0) is 17.7. The largest absolute Gasteiger partial charge is 0.456 e. The molecule has 1 aliphatic heterocycles. The number of aromatic nitrogens is 1. The third kappa shape index (κ3) is 4.91. The first-order chi connectivity index (χ1) is 11.3. The van der Waals surface area contributed by atoms with Crippen molar-refractivity contribution < 1.29 is 9.53 Å². The molecule has 0 bridgehead atoms. The summed E-state index contributed by atoms with van der Waals surface area (Å²) in [6.45, 7) is 8.41. The molecule has 2 rings (SSSR count). The molecule has 2 heterocycles. The van der Waals surface area contributed by atoms with Crippen LogP contribution in [0.5, 0.6) is 0 Å². The van der Waals surface area contributed by atoms with Crippen LogP contribution >= 0.6 is 0 Å². The molecule has 1 saturated heterocycles. The van der Waals surface area contributed by atoms with Crippen LogP contribution in [-0.2, 0) is 4.74 Å². The Balaban J connectivity index is 1.97. The van der Waals surface area contributed by atoms with Gasteiger partial charge in [-0.2, -0.15) is 5.26 Å². The normalized spacial score (nSPS) is 19.0. The van der Waals surface area contributed by atoms with E-state index >= 15 is 0 Å². The Morgan fingerprint density at radius 1 is 1.46 bits per heavy atom. The average molecular weight is 331 g/mol. The van der Waals surface area contributed by atoms with Gasteiger partial charge in [0.25, 0.3) is 0 Å². The zero-order valence-corrected chi connectivity index (χ0v) is 14.5. The highest BCUT2D eigenvalue weighted by Crippen LogP contribution is 2.17. The van der Waals surface area contributed by atoms with Crippen molar-refractivity contribution in [3.05, 3.63) is 23.9 Å². The summed E-state index contributed by atoms with van der Waals surface area (Å²) in [6, 6.07) is 5.69. The van der Waals surface area contributed by atoms with Crippen LogP contribution in [0, 0.1) is 11.3 Å². The van der Waals surface area contributed by atoms with Gasteiger partial charge in [-0.05, 0) is 32.9 Å². The number of rotatable bonds is 4. The van der Waals surface area contributed by atoms with Crippen LogP contribution in [0.4, 0.5) is 5.82 Å². The van der Waals surface area contributed by atoms with Crippen LogP contribution in [0.25, 0.3) is 0 Å². The lowest BCUT2D eigenvalue weighted by atomic mass is 10.2. The topological polar surface area (TPSA) is 95.5 Å². The Morgan fingerprint density at radius 2 is 2.21 bits per heavy atom. The van der Waals surface area contributed by atoms with Crippen molar-refractivity contribution in [1.29, 1.82) is 5.26 Å². The summed E-state index contributed by atoms with van der Waals surface area (Å²) < 4.78 is 5.33. The maximum atomic E-state index is 12.0. The Labute approximate surface area is 143 Å². The first-order valence-electron chi connectivity index (χ1n) is 8.11. The predicted octanol–water partition coefficient (Wildman–Crippen LogP) is 1.36. The molecule has 1 aromatic heterocycles. The first kappa shape index (κ1) is 18.2. The minimum absolute atomic E-state index is 0.126. The highest BCUT2D eigenvalue weighted by molar-refractivity contribution is 5.89. The van der Waals surface area contributed by atoms with E-state index in [1.165, 1.54) is 6.20 Å². The number of nitrogens with zero attached hydrogens (tertiary/aromatic N) is 4. The van der Waals surface area contributed by atoms with Crippen molar-refractivity contribution in [2.45, 2.75) is 39.0 Å². The molecule has 7 heteroatoms. The first-order valence-corrected chi connectivity index (χ1v) is 8.11. The molecule has 0 amide bonds. The van der Waals surface area contributed by atoms with Gasteiger partial charge >= 0.3 is 5.97 Å². The molecule has 1 aliphatic rings. The van der Waals surface area contributed by atoms with E-state index in [4.69, 9.17) is 15.7 Å². The summed E-state index contributed by atoms with van der Waals surface area (Å²) in [4.78, 5) is 20.6. The molecule has 1 fully saturated rings. The molecular formula is C17H25N5O2. The fourth-order valence-corrected chi connectivity index (χ4v) is 2.56. The highest BCUT2D eigenvalue weighted by Gasteiger charge is 2.25. The minimum Gasteiger partial charge on any atom is -0.456 e. The second kappa shape index (κ2) is 7.60. The van der Waals surface area contributed by atoms with Crippen LogP contribution in [0.1, 0.15) is 37.6 Å². The van der Waals surface area contributed by atoms with Crippen LogP contribution < -0.4 is 10.6 Å². The van der Waals surface area contributed by atoms with Crippen molar-refractivity contribution in [1.82, 2.24) is 9.88 Å². The molecule has 1 unspecified atom stereocenters. The Kier molecular flexibility index (Phi) is 5.75. The van der Waals surface area contributed by atoms with Crippen LogP contribution in [0.2, 0.25) is 0 Å². The quantitative estimate of drug-likeness (QED) is 0.832. The number of hydrogen-bond acceptors (Lipinski definition) is 7. The van der Waals surface area contributed by atoms with Crippen LogP contribution in [0.3, 0.4) is 0 Å². The molecule has 0 aromatic carbocycles. The van der Waals surface area contributed by atoms with E-state index in [1.807, 2.05) is 26.8 Å². The second-order valence-corrected chi connectivity index (χ2v) is 6.86. The third-order valence-corrected chi connectivity index (χ3v) is 3.75. The van der Waals surface area contributed by atoms with Gasteiger partial charge in [-0.25, -0.2) is 9.78 Å². The maximum Gasteiger partial charge on any atom is 0.340 e. The van der Waals surface area contributed by atoms with Crippen LogP contribution in [-0.4, -0.2) is 53.8 Å². The number of piperazine rings is 1. The van der Waals surface area contributed by atoms with Gasteiger partial charge in [0.2, 0.25) is 0 Å². The van der Waals surface area contributed by atoms with Gasteiger partial charge in [0, 0.05) is 38.8 Å². The number of ether oxygens (including phenoxy) is 1. The summed E-state index contributed by atoms with van der Waals surface area (Å²) in [5.41, 5.74) is 6.08. The van der Waals surface area contributed by atoms with E-state index in [9.17, 15) is 4.79 Å². The van der Waals surface area contributed by atoms with Gasteiger partial charge in [0.15, 0.2) is 0 Å². The molecule has 0 aliphatic carbocycles. The third-order valence-electron chi connectivity index (χ3n) is 3.75. The summed E-state index contributed by atoms with van der Waals surface area (Å²) in [6.07, 6.45) is 1.90. The fraction of sp³-hybridized carbons (Fsp3) is 0.588. The van der Waals surface area contributed by atoms with Gasteiger partial charge in [0.1, 0.15) is 11.4 Å². The van der Waals surface area contributed by atoms with Gasteiger partial charge in [-0.15, -0.1) is 0 Å². The van der Waals surface area contributed by atoms with Crippen molar-refractivity contribution in [2.75, 3.05) is 31.1 Å². The van der Waals surface area contributed by atoms with E-state index in [-0.39, 0.29) is 12.1 Å². The molecule has 1 aromatic rings. The van der Waals surface area contributed by atoms with Crippen LogP contribution in [0.15, 0.2) is 18.3 Å². The molecule has 0 saturated carbocycles. The predicted molar refractivity (Wildman–Crippen MR) is 91.4 cm³/mol. The number of carbonyl (C=O) groups is 1. The molecule has 24 heavy (non-hydrogen) atoms. The molecule has 130 valence electrons. The number of anilines is 1. The fourth-order valence-electron chi connectivity index (χ4n) is 2.56. The number of pyridine rings is 1. The lowest BCUT2D eigenvalue weighted by Crippen LogP contribution is -2.57. The van der Waals surface area contributed by atoms with Crippen molar-refractivity contribution in [2.24, 2.45) is 5.73 Å². The Hall–Kier alpha value is -2.17. The molecule has 0 spiro atoms. The number of nitriles is 1. The Morgan fingerprint density at radius 3 is 2.75 bits per heavy atom. The molecule has 2 N–H and O–H groups in total. The Bertz CT molecular complexity index is 603. The standard InChI is InChI=1S/C17H25N5O2/c1-17(2,3)24-16(23)13-5-6-15(20-11-13)22-10-9-21(8-4-7-18)14(19)12-22/h5-6,11,14H,4,8-10,12,19H2,1-3H3. The van der Waals surface area contributed by atoms with Crippen molar-refractivity contribution in [3.8, 4) is 6.07 Å². The smallest absolute Gasteiger partial charge is 0.340 e. The monoisotopic (exact) mass is 331 g/mol. The number of esters is 1. The van der Waals surface area contributed by atoms with E-state index < -0.39 is 5.60 Å². The summed E-state index contributed by atoms with van der Waals surface area (Å²) in [7, 11) is 0. The van der Waals surface area contributed by atoms with E-state index in [2.05, 4.69) is 20.9 Å². The average Bonchev–Trinajstić information content (AvgIpc) is 2.52. The SMILES string of the molecule is CC(C)(C)OC(=O)c1ccc(N2CCN(CCC#N)C(N)C2)nc1. The molecule has 7 nitrogen and oxygen atoms in total. The van der Waals surface area contributed by atoms with Gasteiger partial charge in [-0.1, -0.05) is 0 Å². The zero-order valence-electron chi connectivity index (χ0n) is 14.5. The molecule has 0 radical (unpaired) electrons. The maximum absolute atomic E-state index is 12.0. The summed E-state index contributed by atoms with van der Waals surface area (Å²) in [5.74, 6) is 0.414. The van der Waals surface area contributed by atoms with E-state index in [0.717, 1.165) is 18.9 Å². The summed E-state index contributed by atoms with van der Waals surface area (Å²) >= 11 is 0. The minimum atomic E-state index is -0.526. The molecule has 1 atom stereocenters. The number of carbonyl (C=O) groups excluding carboxylic acids is 1. The highest BCUT2D eigenvalue weighted by atomic mass is 16.6. The van der Waals surface area contributed by atoms with Gasteiger partial charge in [-0.3, -0.25) is 4.90 Å². The lowest BCUT2D eigenvalue weighted by Gasteiger charge is -2.39.